The van der Waals surface area contributed by atoms with E-state index in [4.69, 9.17) is 15.2 Å². The minimum absolute atomic E-state index is 0.198. The third kappa shape index (κ3) is 4.27. The van der Waals surface area contributed by atoms with E-state index in [9.17, 15) is 14.0 Å². The minimum Gasteiger partial charge on any atom is -0.493 e. The quantitative estimate of drug-likeness (QED) is 0.504. The number of hydrogen-bond acceptors (Lipinski definition) is 7. The number of carbonyl (C=O) groups is 2. The molecule has 4 rings (SSSR count). The van der Waals surface area contributed by atoms with Gasteiger partial charge in [-0.2, -0.15) is 4.98 Å². The van der Waals surface area contributed by atoms with Gasteiger partial charge in [0.05, 0.1) is 19.9 Å². The highest BCUT2D eigenvalue weighted by Crippen LogP contribution is 2.48. The predicted octanol–water partition coefficient (Wildman–Crippen LogP) is 3.31. The van der Waals surface area contributed by atoms with Crippen LogP contribution in [0.25, 0.3) is 0 Å². The van der Waals surface area contributed by atoms with E-state index in [-0.39, 0.29) is 11.8 Å². The van der Waals surface area contributed by atoms with Gasteiger partial charge >= 0.3 is 0 Å². The second-order valence-corrected chi connectivity index (χ2v) is 7.50. The van der Waals surface area contributed by atoms with Gasteiger partial charge in [-0.25, -0.2) is 9.37 Å². The summed E-state index contributed by atoms with van der Waals surface area (Å²) in [6, 6.07) is 12.0. The lowest BCUT2D eigenvalue weighted by Gasteiger charge is -2.25. The van der Waals surface area contributed by atoms with Crippen LogP contribution in [-0.4, -0.2) is 36.0 Å². The molecule has 0 radical (unpaired) electrons. The maximum atomic E-state index is 13.5. The lowest BCUT2D eigenvalue weighted by molar-refractivity contribution is -0.133. The molecule has 10 heteroatoms. The first kappa shape index (κ1) is 22.0. The molecule has 3 N–H and O–H groups in total. The molecule has 33 heavy (non-hydrogen) atoms. The lowest BCUT2D eigenvalue weighted by atomic mass is 10.0. The first-order valence-electron chi connectivity index (χ1n) is 10.1. The van der Waals surface area contributed by atoms with Crippen molar-refractivity contribution in [3.63, 3.8) is 0 Å². The Balaban J connectivity index is 1.70. The van der Waals surface area contributed by atoms with Crippen LogP contribution in [0.4, 0.5) is 27.5 Å². The van der Waals surface area contributed by atoms with Crippen molar-refractivity contribution in [3.05, 3.63) is 60.5 Å². The van der Waals surface area contributed by atoms with E-state index >= 15 is 0 Å². The van der Waals surface area contributed by atoms with Crippen LogP contribution in [0.5, 0.6) is 11.5 Å². The number of nitrogens with zero attached hydrogens (tertiary/aromatic N) is 3. The van der Waals surface area contributed by atoms with Gasteiger partial charge in [0, 0.05) is 24.0 Å². The summed E-state index contributed by atoms with van der Waals surface area (Å²) < 4.78 is 24.1. The lowest BCUT2D eigenvalue weighted by Crippen LogP contribution is -2.41. The standard InChI is InChI=1S/C23H22FN5O4/c1-32-17-8-5-15(13-18(17)33-2)27-22-26-12-9-19(28-22)29(16-6-3-14(24)4-7-16)21(31)23(10-11-23)20(25)30/h3-9,12-13H,10-11H2,1-2H3,(H2,25,30)(H,26,27,28). The van der Waals surface area contributed by atoms with Gasteiger partial charge < -0.3 is 20.5 Å². The highest BCUT2D eigenvalue weighted by Gasteiger charge is 2.57. The van der Waals surface area contributed by atoms with Crippen LogP contribution in [-0.2, 0) is 9.59 Å². The Morgan fingerprint density at radius 1 is 1.06 bits per heavy atom. The van der Waals surface area contributed by atoms with Gasteiger partial charge in [-0.05, 0) is 49.2 Å². The summed E-state index contributed by atoms with van der Waals surface area (Å²) >= 11 is 0. The number of amides is 2. The number of benzene rings is 2. The molecule has 1 aliphatic rings. The monoisotopic (exact) mass is 451 g/mol. The Morgan fingerprint density at radius 3 is 2.36 bits per heavy atom. The van der Waals surface area contributed by atoms with Gasteiger partial charge in [0.2, 0.25) is 17.8 Å². The number of halogens is 1. The molecule has 2 amide bonds. The normalized spacial score (nSPS) is 13.7. The molecule has 3 aromatic rings. The Hall–Kier alpha value is -4.21. The van der Waals surface area contributed by atoms with Crippen LogP contribution >= 0.6 is 0 Å². The Morgan fingerprint density at radius 2 is 1.76 bits per heavy atom. The molecular formula is C23H22FN5O4. The fourth-order valence-corrected chi connectivity index (χ4v) is 3.43. The molecule has 2 aromatic carbocycles. The molecule has 0 saturated heterocycles. The van der Waals surface area contributed by atoms with Crippen LogP contribution in [0.15, 0.2) is 54.7 Å². The highest BCUT2D eigenvalue weighted by molar-refractivity contribution is 6.16. The number of nitrogens with two attached hydrogens (primary N) is 1. The zero-order valence-electron chi connectivity index (χ0n) is 18.0. The number of aromatic nitrogens is 2. The molecule has 170 valence electrons. The van der Waals surface area contributed by atoms with Crippen molar-refractivity contribution in [3.8, 4) is 11.5 Å². The largest absolute Gasteiger partial charge is 0.493 e. The van der Waals surface area contributed by atoms with Gasteiger partial charge in [-0.3, -0.25) is 14.5 Å². The van der Waals surface area contributed by atoms with Crippen LogP contribution < -0.4 is 25.4 Å². The number of hydrogen-bond donors (Lipinski definition) is 2. The van der Waals surface area contributed by atoms with Gasteiger partial charge in [-0.15, -0.1) is 0 Å². The molecule has 0 unspecified atom stereocenters. The average Bonchev–Trinajstić information content (AvgIpc) is 3.63. The van der Waals surface area contributed by atoms with Gasteiger partial charge in [0.1, 0.15) is 17.1 Å². The molecule has 1 heterocycles. The number of nitrogens with one attached hydrogen (secondary N) is 1. The topological polar surface area (TPSA) is 120 Å². The molecular weight excluding hydrogens is 429 g/mol. The first-order valence-corrected chi connectivity index (χ1v) is 10.1. The van der Waals surface area contributed by atoms with E-state index < -0.39 is 23.0 Å². The summed E-state index contributed by atoms with van der Waals surface area (Å²) in [4.78, 5) is 35.3. The molecule has 1 aliphatic carbocycles. The average molecular weight is 451 g/mol. The van der Waals surface area contributed by atoms with Crippen LogP contribution in [0, 0.1) is 11.2 Å². The fraction of sp³-hybridized carbons (Fsp3) is 0.217. The second kappa shape index (κ2) is 8.73. The molecule has 9 nitrogen and oxygen atoms in total. The minimum atomic E-state index is -1.30. The van der Waals surface area contributed by atoms with E-state index in [0.29, 0.717) is 35.7 Å². The molecule has 0 aliphatic heterocycles. The highest BCUT2D eigenvalue weighted by atomic mass is 19.1. The van der Waals surface area contributed by atoms with E-state index in [0.717, 1.165) is 0 Å². The van der Waals surface area contributed by atoms with Crippen LogP contribution in [0.1, 0.15) is 12.8 Å². The summed E-state index contributed by atoms with van der Waals surface area (Å²) in [7, 11) is 3.06. The summed E-state index contributed by atoms with van der Waals surface area (Å²) in [5.41, 5.74) is 5.20. The van der Waals surface area contributed by atoms with Crippen molar-refractivity contribution in [2.24, 2.45) is 11.1 Å². The number of ether oxygens (including phenoxy) is 2. The van der Waals surface area contributed by atoms with Crippen molar-refractivity contribution < 1.29 is 23.5 Å². The Bertz CT molecular complexity index is 1200. The smallest absolute Gasteiger partial charge is 0.248 e. The number of anilines is 4. The van der Waals surface area contributed by atoms with E-state index in [1.54, 1.807) is 18.2 Å². The van der Waals surface area contributed by atoms with E-state index in [1.165, 1.54) is 55.6 Å². The second-order valence-electron chi connectivity index (χ2n) is 7.50. The summed E-state index contributed by atoms with van der Waals surface area (Å²) in [5, 5.41) is 3.05. The van der Waals surface area contributed by atoms with Crippen LogP contribution in [0.3, 0.4) is 0 Å². The predicted molar refractivity (Wildman–Crippen MR) is 119 cm³/mol. The van der Waals surface area contributed by atoms with E-state index in [2.05, 4.69) is 15.3 Å². The van der Waals surface area contributed by atoms with Gasteiger partial charge in [0.15, 0.2) is 11.5 Å². The summed E-state index contributed by atoms with van der Waals surface area (Å²) in [5.74, 6) is -0.193. The summed E-state index contributed by atoms with van der Waals surface area (Å²) in [6.07, 6.45) is 2.17. The molecule has 1 aromatic heterocycles. The van der Waals surface area contributed by atoms with E-state index in [1.807, 2.05) is 0 Å². The zero-order valence-corrected chi connectivity index (χ0v) is 18.0. The number of carbonyl (C=O) groups excluding carboxylic acids is 2. The molecule has 0 bridgehead atoms. The van der Waals surface area contributed by atoms with Gasteiger partial charge in [0.25, 0.3) is 0 Å². The van der Waals surface area contributed by atoms with Crippen molar-refractivity contribution in [1.82, 2.24) is 9.97 Å². The molecule has 1 fully saturated rings. The summed E-state index contributed by atoms with van der Waals surface area (Å²) in [6.45, 7) is 0. The Kier molecular flexibility index (Phi) is 5.82. The zero-order chi connectivity index (χ0) is 23.6. The maximum Gasteiger partial charge on any atom is 0.248 e. The van der Waals surface area contributed by atoms with Crippen molar-refractivity contribution >= 4 is 35.0 Å². The van der Waals surface area contributed by atoms with Gasteiger partial charge in [-0.1, -0.05) is 0 Å². The fourth-order valence-electron chi connectivity index (χ4n) is 3.43. The number of rotatable bonds is 8. The molecule has 0 atom stereocenters. The third-order valence-corrected chi connectivity index (χ3v) is 5.43. The molecule has 0 spiro atoms. The maximum absolute atomic E-state index is 13.5. The number of methoxy groups -OCH3 is 2. The van der Waals surface area contributed by atoms with Crippen molar-refractivity contribution in [2.75, 3.05) is 24.4 Å². The SMILES string of the molecule is COc1ccc(Nc2nccc(N(C(=O)C3(C(N)=O)CC3)c3ccc(F)cc3)n2)cc1OC. The third-order valence-electron chi connectivity index (χ3n) is 5.43. The first-order chi connectivity index (χ1) is 15.9. The molecule has 1 saturated carbocycles. The number of primary amides is 1. The van der Waals surface area contributed by atoms with Crippen LogP contribution in [0.2, 0.25) is 0 Å². The van der Waals surface area contributed by atoms with Crippen molar-refractivity contribution in [2.45, 2.75) is 12.8 Å². The van der Waals surface area contributed by atoms with Crippen molar-refractivity contribution in [1.29, 1.82) is 0 Å². The Labute approximate surface area is 189 Å².